The molecule has 3 aromatic rings. The van der Waals surface area contributed by atoms with Crippen LogP contribution in [0, 0.1) is 0 Å². The highest BCUT2D eigenvalue weighted by molar-refractivity contribution is 7.89. The van der Waals surface area contributed by atoms with E-state index in [1.54, 1.807) is 25.2 Å². The molecule has 9 heteroatoms. The van der Waals surface area contributed by atoms with Gasteiger partial charge in [-0.3, -0.25) is 9.59 Å². The number of hydrogen-bond donors (Lipinski definition) is 1. The molecule has 0 atom stereocenters. The number of fused-ring (bicyclic) bond motifs is 1. The lowest BCUT2D eigenvalue weighted by molar-refractivity contribution is 0.102. The molecule has 0 aliphatic carbocycles. The topological polar surface area (TPSA) is 101 Å². The summed E-state index contributed by atoms with van der Waals surface area (Å²) in [7, 11) is 0.925. The van der Waals surface area contributed by atoms with Crippen LogP contribution in [0.3, 0.4) is 0 Å². The van der Waals surface area contributed by atoms with E-state index in [9.17, 15) is 18.0 Å². The summed E-state index contributed by atoms with van der Waals surface area (Å²) in [5.74, 6) is -0.413. The number of hydrogen-bond acceptors (Lipinski definition) is 5. The summed E-state index contributed by atoms with van der Waals surface area (Å²) in [4.78, 5) is 28.9. The molecule has 0 saturated heterocycles. The number of rotatable bonds is 4. The molecule has 0 saturated carbocycles. The molecule has 1 aromatic heterocycles. The molecule has 1 amide bonds. The monoisotopic (exact) mass is 386 g/mol. The van der Waals surface area contributed by atoms with Crippen LogP contribution < -0.4 is 10.9 Å². The van der Waals surface area contributed by atoms with Crippen molar-refractivity contribution < 1.29 is 13.2 Å². The van der Waals surface area contributed by atoms with Gasteiger partial charge in [0.1, 0.15) is 0 Å². The minimum Gasteiger partial charge on any atom is -0.322 e. The fourth-order valence-electron chi connectivity index (χ4n) is 2.48. The van der Waals surface area contributed by atoms with E-state index in [0.717, 1.165) is 4.31 Å². The maximum atomic E-state index is 12.4. The molecule has 0 radical (unpaired) electrons. The van der Waals surface area contributed by atoms with Crippen LogP contribution in [0.4, 0.5) is 5.69 Å². The SMILES string of the molecule is CN(C)S(=O)(=O)c1ccc(C(=O)Nc2ccc3ncn(C)c(=O)c3c2)cc1. The zero-order chi connectivity index (χ0) is 19.8. The number of aromatic nitrogens is 2. The molecule has 3 rings (SSSR count). The Labute approximate surface area is 156 Å². The molecule has 0 bridgehead atoms. The molecule has 1 N–H and O–H groups in total. The van der Waals surface area contributed by atoms with Crippen molar-refractivity contribution in [1.82, 2.24) is 13.9 Å². The first-order valence-corrected chi connectivity index (χ1v) is 9.43. The van der Waals surface area contributed by atoms with Crippen molar-refractivity contribution in [3.63, 3.8) is 0 Å². The highest BCUT2D eigenvalue weighted by Crippen LogP contribution is 2.17. The van der Waals surface area contributed by atoms with E-state index >= 15 is 0 Å². The summed E-state index contributed by atoms with van der Waals surface area (Å²) in [6, 6.07) is 10.5. The summed E-state index contributed by atoms with van der Waals surface area (Å²) in [5.41, 5.74) is 1.07. The molecule has 27 heavy (non-hydrogen) atoms. The largest absolute Gasteiger partial charge is 0.322 e. The van der Waals surface area contributed by atoms with Gasteiger partial charge in [0.25, 0.3) is 11.5 Å². The molecule has 8 nitrogen and oxygen atoms in total. The number of carbonyl (C=O) groups is 1. The van der Waals surface area contributed by atoms with Gasteiger partial charge in [0, 0.05) is 32.4 Å². The van der Waals surface area contributed by atoms with Crippen molar-refractivity contribution in [2.24, 2.45) is 7.05 Å². The Bertz CT molecular complexity index is 1180. The van der Waals surface area contributed by atoms with Gasteiger partial charge in [0.2, 0.25) is 10.0 Å². The second-order valence-corrected chi connectivity index (χ2v) is 8.31. The lowest BCUT2D eigenvalue weighted by Crippen LogP contribution is -2.22. The number of nitrogens with zero attached hydrogens (tertiary/aromatic N) is 3. The van der Waals surface area contributed by atoms with Crippen LogP contribution in [0.1, 0.15) is 10.4 Å². The minimum atomic E-state index is -3.55. The Morgan fingerprint density at radius 2 is 1.78 bits per heavy atom. The summed E-state index contributed by atoms with van der Waals surface area (Å²) in [6.45, 7) is 0. The van der Waals surface area contributed by atoms with Gasteiger partial charge < -0.3 is 9.88 Å². The van der Waals surface area contributed by atoms with Gasteiger partial charge in [-0.2, -0.15) is 0 Å². The average molecular weight is 386 g/mol. The quantitative estimate of drug-likeness (QED) is 0.731. The van der Waals surface area contributed by atoms with Crippen LogP contribution in [0.25, 0.3) is 10.9 Å². The third-order valence-corrected chi connectivity index (χ3v) is 5.90. The molecular formula is C18H18N4O4S. The van der Waals surface area contributed by atoms with E-state index in [0.29, 0.717) is 22.2 Å². The highest BCUT2D eigenvalue weighted by Gasteiger charge is 2.17. The molecule has 0 unspecified atom stereocenters. The number of nitrogens with one attached hydrogen (secondary N) is 1. The summed E-state index contributed by atoms with van der Waals surface area (Å²) < 4.78 is 26.6. The Hall–Kier alpha value is -3.04. The van der Waals surface area contributed by atoms with E-state index in [2.05, 4.69) is 10.3 Å². The Morgan fingerprint density at radius 3 is 2.41 bits per heavy atom. The zero-order valence-electron chi connectivity index (χ0n) is 15.0. The molecule has 0 aliphatic heterocycles. The second-order valence-electron chi connectivity index (χ2n) is 6.16. The number of benzene rings is 2. The Morgan fingerprint density at radius 1 is 1.11 bits per heavy atom. The molecular weight excluding hydrogens is 368 g/mol. The van der Waals surface area contributed by atoms with Crippen molar-refractivity contribution in [3.05, 3.63) is 64.7 Å². The van der Waals surface area contributed by atoms with Crippen LogP contribution >= 0.6 is 0 Å². The lowest BCUT2D eigenvalue weighted by atomic mass is 10.2. The van der Waals surface area contributed by atoms with Crippen LogP contribution in [-0.2, 0) is 17.1 Å². The van der Waals surface area contributed by atoms with E-state index in [4.69, 9.17) is 0 Å². The van der Waals surface area contributed by atoms with Gasteiger partial charge >= 0.3 is 0 Å². The first-order valence-electron chi connectivity index (χ1n) is 7.99. The van der Waals surface area contributed by atoms with Gasteiger partial charge in [-0.1, -0.05) is 0 Å². The van der Waals surface area contributed by atoms with Gasteiger partial charge in [0.15, 0.2) is 0 Å². The molecule has 0 spiro atoms. The van der Waals surface area contributed by atoms with E-state index in [-0.39, 0.29) is 10.5 Å². The van der Waals surface area contributed by atoms with Crippen LogP contribution in [0.5, 0.6) is 0 Å². The molecule has 0 fully saturated rings. The highest BCUT2D eigenvalue weighted by atomic mass is 32.2. The number of sulfonamides is 1. The summed E-state index contributed by atoms with van der Waals surface area (Å²) in [5, 5.41) is 3.10. The van der Waals surface area contributed by atoms with E-state index in [1.807, 2.05) is 0 Å². The molecule has 2 aromatic carbocycles. The fourth-order valence-corrected chi connectivity index (χ4v) is 3.38. The third kappa shape index (κ3) is 3.60. The van der Waals surface area contributed by atoms with E-state index in [1.165, 1.54) is 49.3 Å². The molecule has 0 aliphatic rings. The minimum absolute atomic E-state index is 0.101. The normalized spacial score (nSPS) is 11.7. The van der Waals surface area contributed by atoms with Gasteiger partial charge in [-0.05, 0) is 42.5 Å². The van der Waals surface area contributed by atoms with Crippen molar-refractivity contribution in [3.8, 4) is 0 Å². The van der Waals surface area contributed by atoms with Gasteiger partial charge in [-0.15, -0.1) is 0 Å². The van der Waals surface area contributed by atoms with Crippen LogP contribution in [0.2, 0.25) is 0 Å². The number of amides is 1. The van der Waals surface area contributed by atoms with Gasteiger partial charge in [-0.25, -0.2) is 17.7 Å². The van der Waals surface area contributed by atoms with Crippen molar-refractivity contribution in [1.29, 1.82) is 0 Å². The predicted molar refractivity (Wildman–Crippen MR) is 102 cm³/mol. The predicted octanol–water partition coefficient (Wildman–Crippen LogP) is 1.44. The number of aryl methyl sites for hydroxylation is 1. The number of carbonyl (C=O) groups excluding carboxylic acids is 1. The number of anilines is 1. The molecule has 1 heterocycles. The van der Waals surface area contributed by atoms with Crippen LogP contribution in [0.15, 0.2) is 58.5 Å². The van der Waals surface area contributed by atoms with Crippen molar-refractivity contribution >= 4 is 32.5 Å². The van der Waals surface area contributed by atoms with Gasteiger partial charge in [0.05, 0.1) is 22.1 Å². The zero-order valence-corrected chi connectivity index (χ0v) is 15.8. The maximum Gasteiger partial charge on any atom is 0.260 e. The summed E-state index contributed by atoms with van der Waals surface area (Å²) >= 11 is 0. The third-order valence-electron chi connectivity index (χ3n) is 4.07. The second kappa shape index (κ2) is 6.93. The maximum absolute atomic E-state index is 12.4. The first kappa shape index (κ1) is 18.7. The van der Waals surface area contributed by atoms with E-state index < -0.39 is 15.9 Å². The first-order chi connectivity index (χ1) is 12.7. The smallest absolute Gasteiger partial charge is 0.260 e. The standard InChI is InChI=1S/C18H18N4O4S/c1-21(2)27(25,26)14-7-4-12(5-8-14)17(23)20-13-6-9-16-15(10-13)18(24)22(3)11-19-16/h4-11H,1-3H3,(H,20,23). The Balaban J connectivity index is 1.86. The van der Waals surface area contributed by atoms with Crippen molar-refractivity contribution in [2.45, 2.75) is 4.90 Å². The van der Waals surface area contributed by atoms with Crippen molar-refractivity contribution in [2.75, 3.05) is 19.4 Å². The fraction of sp³-hybridized carbons (Fsp3) is 0.167. The molecule has 140 valence electrons. The Kier molecular flexibility index (Phi) is 4.81. The van der Waals surface area contributed by atoms with Crippen LogP contribution in [-0.4, -0.2) is 42.3 Å². The summed E-state index contributed by atoms with van der Waals surface area (Å²) in [6.07, 6.45) is 1.44. The average Bonchev–Trinajstić information content (AvgIpc) is 2.65. The lowest BCUT2D eigenvalue weighted by Gasteiger charge is -2.12.